The van der Waals surface area contributed by atoms with Gasteiger partial charge in [0.25, 0.3) is 0 Å². The Balaban J connectivity index is 2.24. The topological polar surface area (TPSA) is 21.3 Å². The fourth-order valence-electron chi connectivity index (χ4n) is 1.91. The van der Waals surface area contributed by atoms with Crippen LogP contribution in [0.15, 0.2) is 30.3 Å². The van der Waals surface area contributed by atoms with Crippen LogP contribution in [0.4, 0.5) is 23.2 Å². The van der Waals surface area contributed by atoms with E-state index in [1.54, 1.807) is 13.0 Å². The zero-order valence-corrected chi connectivity index (χ0v) is 11.4. The SMILES string of the molecule is COc1ccc(C(C)Nc2ccc(F)c(F)c2F)cc1F. The lowest BCUT2D eigenvalue weighted by Crippen LogP contribution is -2.09. The van der Waals surface area contributed by atoms with Gasteiger partial charge in [0.15, 0.2) is 29.0 Å². The number of hydrogen-bond acceptors (Lipinski definition) is 2. The van der Waals surface area contributed by atoms with Crippen molar-refractivity contribution in [2.45, 2.75) is 13.0 Å². The third kappa shape index (κ3) is 3.09. The van der Waals surface area contributed by atoms with E-state index in [0.29, 0.717) is 5.56 Å². The first kappa shape index (κ1) is 15.2. The first-order chi connectivity index (χ1) is 9.93. The third-order valence-electron chi connectivity index (χ3n) is 3.08. The van der Waals surface area contributed by atoms with Crippen molar-refractivity contribution in [3.63, 3.8) is 0 Å². The molecule has 1 N–H and O–H groups in total. The van der Waals surface area contributed by atoms with E-state index in [1.807, 2.05) is 0 Å². The summed E-state index contributed by atoms with van der Waals surface area (Å²) in [6.45, 7) is 1.64. The molecule has 0 saturated carbocycles. The minimum absolute atomic E-state index is 0.0879. The number of methoxy groups -OCH3 is 1. The van der Waals surface area contributed by atoms with E-state index in [2.05, 4.69) is 5.32 Å². The van der Waals surface area contributed by atoms with Gasteiger partial charge in [0.2, 0.25) is 0 Å². The van der Waals surface area contributed by atoms with Crippen molar-refractivity contribution in [2.24, 2.45) is 0 Å². The lowest BCUT2D eigenvalue weighted by Gasteiger charge is -2.17. The molecule has 2 rings (SSSR count). The predicted octanol–water partition coefficient (Wildman–Crippen LogP) is 4.42. The molecule has 1 unspecified atom stereocenters. The quantitative estimate of drug-likeness (QED) is 0.666. The molecule has 0 aromatic heterocycles. The second kappa shape index (κ2) is 6.03. The molecule has 0 bridgehead atoms. The molecule has 2 nitrogen and oxygen atoms in total. The largest absolute Gasteiger partial charge is 0.494 e. The summed E-state index contributed by atoms with van der Waals surface area (Å²) >= 11 is 0. The van der Waals surface area contributed by atoms with Crippen LogP contribution in [0.5, 0.6) is 5.75 Å². The number of nitrogens with one attached hydrogen (secondary N) is 1. The van der Waals surface area contributed by atoms with Gasteiger partial charge < -0.3 is 10.1 Å². The highest BCUT2D eigenvalue weighted by atomic mass is 19.2. The van der Waals surface area contributed by atoms with Crippen molar-refractivity contribution in [3.8, 4) is 5.75 Å². The lowest BCUT2D eigenvalue weighted by molar-refractivity contribution is 0.386. The number of ether oxygens (including phenoxy) is 1. The maximum absolute atomic E-state index is 13.6. The van der Waals surface area contributed by atoms with Crippen LogP contribution in [0, 0.1) is 23.3 Å². The van der Waals surface area contributed by atoms with Gasteiger partial charge in [-0.3, -0.25) is 0 Å². The predicted molar refractivity (Wildman–Crippen MR) is 71.3 cm³/mol. The molecule has 0 radical (unpaired) electrons. The van der Waals surface area contributed by atoms with E-state index in [0.717, 1.165) is 12.1 Å². The lowest BCUT2D eigenvalue weighted by atomic mass is 10.1. The summed E-state index contributed by atoms with van der Waals surface area (Å²) in [5.41, 5.74) is 0.315. The zero-order chi connectivity index (χ0) is 15.6. The van der Waals surface area contributed by atoms with Gasteiger partial charge in [0.1, 0.15) is 0 Å². The number of benzene rings is 2. The van der Waals surface area contributed by atoms with Crippen molar-refractivity contribution >= 4 is 5.69 Å². The Morgan fingerprint density at radius 1 is 0.952 bits per heavy atom. The maximum Gasteiger partial charge on any atom is 0.196 e. The first-order valence-electron chi connectivity index (χ1n) is 6.17. The second-order valence-corrected chi connectivity index (χ2v) is 4.48. The van der Waals surface area contributed by atoms with E-state index < -0.39 is 29.3 Å². The summed E-state index contributed by atoms with van der Waals surface area (Å²) in [4.78, 5) is 0. The average Bonchev–Trinajstić information content (AvgIpc) is 2.47. The van der Waals surface area contributed by atoms with Crippen LogP contribution in [0.3, 0.4) is 0 Å². The van der Waals surface area contributed by atoms with Crippen LogP contribution < -0.4 is 10.1 Å². The highest BCUT2D eigenvalue weighted by Gasteiger charge is 2.16. The van der Waals surface area contributed by atoms with Crippen LogP contribution in [0.25, 0.3) is 0 Å². The molecule has 0 saturated heterocycles. The first-order valence-corrected chi connectivity index (χ1v) is 6.17. The van der Waals surface area contributed by atoms with Gasteiger partial charge in [-0.25, -0.2) is 17.6 Å². The van der Waals surface area contributed by atoms with Gasteiger partial charge in [-0.2, -0.15) is 0 Å². The van der Waals surface area contributed by atoms with Crippen molar-refractivity contribution < 1.29 is 22.3 Å². The summed E-state index contributed by atoms with van der Waals surface area (Å²) in [6, 6.07) is 5.66. The van der Waals surface area contributed by atoms with Gasteiger partial charge in [-0.1, -0.05) is 6.07 Å². The summed E-state index contributed by atoms with van der Waals surface area (Å²) in [5, 5.41) is 2.67. The fourth-order valence-corrected chi connectivity index (χ4v) is 1.91. The number of hydrogen-bond donors (Lipinski definition) is 1. The molecule has 0 aliphatic rings. The Morgan fingerprint density at radius 2 is 1.67 bits per heavy atom. The van der Waals surface area contributed by atoms with E-state index in [-0.39, 0.29) is 11.4 Å². The molecule has 6 heteroatoms. The van der Waals surface area contributed by atoms with Crippen LogP contribution in [-0.2, 0) is 0 Å². The van der Waals surface area contributed by atoms with Crippen LogP contribution in [-0.4, -0.2) is 7.11 Å². The maximum atomic E-state index is 13.6. The third-order valence-corrected chi connectivity index (χ3v) is 3.08. The smallest absolute Gasteiger partial charge is 0.196 e. The second-order valence-electron chi connectivity index (χ2n) is 4.48. The summed E-state index contributed by atoms with van der Waals surface area (Å²) in [5.74, 6) is -4.59. The molecule has 0 spiro atoms. The van der Waals surface area contributed by atoms with E-state index in [9.17, 15) is 17.6 Å². The summed E-state index contributed by atoms with van der Waals surface area (Å²) in [6.07, 6.45) is 0. The van der Waals surface area contributed by atoms with Crippen molar-refractivity contribution in [3.05, 3.63) is 59.2 Å². The zero-order valence-electron chi connectivity index (χ0n) is 11.4. The van der Waals surface area contributed by atoms with Gasteiger partial charge in [-0.05, 0) is 36.8 Å². The van der Waals surface area contributed by atoms with Gasteiger partial charge in [-0.15, -0.1) is 0 Å². The average molecular weight is 299 g/mol. The molecular formula is C15H13F4NO. The number of anilines is 1. The van der Waals surface area contributed by atoms with Crippen LogP contribution in [0.1, 0.15) is 18.5 Å². The van der Waals surface area contributed by atoms with Crippen molar-refractivity contribution in [1.82, 2.24) is 0 Å². The van der Waals surface area contributed by atoms with Gasteiger partial charge >= 0.3 is 0 Å². The highest BCUT2D eigenvalue weighted by molar-refractivity contribution is 5.47. The molecule has 1 atom stereocenters. The Kier molecular flexibility index (Phi) is 4.35. The molecule has 2 aromatic rings. The van der Waals surface area contributed by atoms with Crippen LogP contribution >= 0.6 is 0 Å². The molecule has 0 amide bonds. The standard InChI is InChI=1S/C15H13F4NO/c1-8(9-3-6-13(21-2)11(17)7-9)20-12-5-4-10(16)14(18)15(12)19/h3-8,20H,1-2H3. The van der Waals surface area contributed by atoms with Crippen molar-refractivity contribution in [1.29, 1.82) is 0 Å². The van der Waals surface area contributed by atoms with Gasteiger partial charge in [0, 0.05) is 6.04 Å². The van der Waals surface area contributed by atoms with Crippen molar-refractivity contribution in [2.75, 3.05) is 12.4 Å². The fraction of sp³-hybridized carbons (Fsp3) is 0.200. The molecular weight excluding hydrogens is 286 g/mol. The Labute approximate surface area is 119 Å². The molecule has 21 heavy (non-hydrogen) atoms. The molecule has 0 fully saturated rings. The highest BCUT2D eigenvalue weighted by Crippen LogP contribution is 2.27. The van der Waals surface area contributed by atoms with E-state index in [4.69, 9.17) is 4.74 Å². The molecule has 2 aromatic carbocycles. The Bertz CT molecular complexity index is 660. The number of rotatable bonds is 4. The van der Waals surface area contributed by atoms with E-state index >= 15 is 0 Å². The van der Waals surface area contributed by atoms with Gasteiger partial charge in [0.05, 0.1) is 12.8 Å². The minimum atomic E-state index is -1.55. The summed E-state index contributed by atoms with van der Waals surface area (Å²) in [7, 11) is 1.34. The molecule has 0 aliphatic heterocycles. The molecule has 0 heterocycles. The number of halogens is 4. The van der Waals surface area contributed by atoms with E-state index in [1.165, 1.54) is 19.2 Å². The molecule has 112 valence electrons. The van der Waals surface area contributed by atoms with Crippen LogP contribution in [0.2, 0.25) is 0 Å². The Hall–Kier alpha value is -2.24. The monoisotopic (exact) mass is 299 g/mol. The normalized spacial score (nSPS) is 12.1. The Morgan fingerprint density at radius 3 is 2.29 bits per heavy atom. The molecule has 0 aliphatic carbocycles. The minimum Gasteiger partial charge on any atom is -0.494 e. The summed E-state index contributed by atoms with van der Waals surface area (Å²) < 4.78 is 58.0.